The summed E-state index contributed by atoms with van der Waals surface area (Å²) >= 11 is 0. The van der Waals surface area contributed by atoms with Gasteiger partial charge >= 0.3 is 0 Å². The van der Waals surface area contributed by atoms with Crippen molar-refractivity contribution in [3.05, 3.63) is 60.3 Å². The molecule has 0 aromatic heterocycles. The number of unbranched alkanes of at least 4 members (excludes halogenated alkanes) is 4. The number of rotatable bonds is 15. The predicted molar refractivity (Wildman–Crippen MR) is 115 cm³/mol. The van der Waals surface area contributed by atoms with Crippen molar-refractivity contribution in [3.63, 3.8) is 0 Å². The van der Waals surface area contributed by atoms with Crippen molar-refractivity contribution < 1.29 is 14.4 Å². The third-order valence-electron chi connectivity index (χ3n) is 4.29. The quantitative estimate of drug-likeness (QED) is 0.181. The minimum absolute atomic E-state index is 0.0167. The van der Waals surface area contributed by atoms with Gasteiger partial charge < -0.3 is 0 Å². The highest BCUT2D eigenvalue weighted by Gasteiger charge is 2.25. The Morgan fingerprint density at radius 3 is 1.86 bits per heavy atom. The molecule has 0 bridgehead atoms. The van der Waals surface area contributed by atoms with Crippen LogP contribution in [0.1, 0.15) is 71.1 Å². The highest BCUT2D eigenvalue weighted by Crippen LogP contribution is 2.09. The summed E-state index contributed by atoms with van der Waals surface area (Å²) in [6.07, 6.45) is 28.0. The Labute approximate surface area is 169 Å². The van der Waals surface area contributed by atoms with Crippen LogP contribution in [0.25, 0.3) is 0 Å². The van der Waals surface area contributed by atoms with E-state index in [2.05, 4.69) is 54.8 Å². The van der Waals surface area contributed by atoms with Gasteiger partial charge in [-0.3, -0.25) is 19.7 Å². The van der Waals surface area contributed by atoms with Gasteiger partial charge in [0.2, 0.25) is 0 Å². The zero-order valence-corrected chi connectivity index (χ0v) is 17.0. The Morgan fingerprint density at radius 1 is 0.821 bits per heavy atom. The molecule has 1 heterocycles. The summed E-state index contributed by atoms with van der Waals surface area (Å²) in [6, 6.07) is 0. The molecule has 0 fully saturated rings. The lowest BCUT2D eigenvalue weighted by molar-refractivity contribution is -0.125. The van der Waals surface area contributed by atoms with Crippen molar-refractivity contribution in [1.29, 1.82) is 0 Å². The first kappa shape index (κ1) is 23.5. The molecule has 1 N–H and O–H groups in total. The van der Waals surface area contributed by atoms with Gasteiger partial charge in [0.1, 0.15) is 0 Å². The van der Waals surface area contributed by atoms with Crippen LogP contribution >= 0.6 is 0 Å². The SMILES string of the molecule is CCCCCC=CCC=CCC=CCC=CCCCC(=O)C1=CC(=O)NC1=O. The van der Waals surface area contributed by atoms with Crippen LogP contribution in [0.15, 0.2) is 60.3 Å². The van der Waals surface area contributed by atoms with E-state index in [1.165, 1.54) is 25.7 Å². The lowest BCUT2D eigenvalue weighted by Crippen LogP contribution is -2.24. The van der Waals surface area contributed by atoms with Gasteiger partial charge in [0.05, 0.1) is 5.57 Å². The van der Waals surface area contributed by atoms with Gasteiger partial charge in [-0.05, 0) is 44.9 Å². The summed E-state index contributed by atoms with van der Waals surface area (Å²) in [4.78, 5) is 34.2. The molecule has 1 rings (SSSR count). The number of ketones is 1. The van der Waals surface area contributed by atoms with E-state index < -0.39 is 11.8 Å². The number of hydrogen-bond acceptors (Lipinski definition) is 3. The van der Waals surface area contributed by atoms with Crippen LogP contribution in [0.3, 0.4) is 0 Å². The summed E-state index contributed by atoms with van der Waals surface area (Å²) in [5.41, 5.74) is -0.0167. The smallest absolute Gasteiger partial charge is 0.261 e. The molecule has 152 valence electrons. The number of amides is 2. The first-order chi connectivity index (χ1) is 13.6. The van der Waals surface area contributed by atoms with Gasteiger partial charge in [0.15, 0.2) is 5.78 Å². The van der Waals surface area contributed by atoms with Gasteiger partial charge in [-0.1, -0.05) is 68.4 Å². The summed E-state index contributed by atoms with van der Waals surface area (Å²) < 4.78 is 0. The van der Waals surface area contributed by atoms with Crippen LogP contribution in [0, 0.1) is 0 Å². The van der Waals surface area contributed by atoms with Gasteiger partial charge in [0.25, 0.3) is 11.8 Å². The van der Waals surface area contributed by atoms with E-state index >= 15 is 0 Å². The zero-order valence-electron chi connectivity index (χ0n) is 17.0. The molecule has 0 unspecified atom stereocenters. The van der Waals surface area contributed by atoms with Crippen molar-refractivity contribution in [1.82, 2.24) is 5.32 Å². The third-order valence-corrected chi connectivity index (χ3v) is 4.29. The normalized spacial score (nSPS) is 14.8. The molecule has 0 radical (unpaired) electrons. The fourth-order valence-corrected chi connectivity index (χ4v) is 2.70. The Balaban J connectivity index is 2.01. The monoisotopic (exact) mass is 383 g/mol. The maximum absolute atomic E-state index is 11.8. The minimum Gasteiger partial charge on any atom is -0.294 e. The molecule has 0 saturated heterocycles. The molecule has 1 aliphatic heterocycles. The topological polar surface area (TPSA) is 63.2 Å². The van der Waals surface area contributed by atoms with Crippen LogP contribution in [0.2, 0.25) is 0 Å². The fourth-order valence-electron chi connectivity index (χ4n) is 2.70. The summed E-state index contributed by atoms with van der Waals surface area (Å²) in [5.74, 6) is -1.35. The molecule has 0 aromatic carbocycles. The average molecular weight is 384 g/mol. The van der Waals surface area contributed by atoms with Crippen LogP contribution < -0.4 is 5.32 Å². The van der Waals surface area contributed by atoms with Gasteiger partial charge in [-0.25, -0.2) is 0 Å². The largest absolute Gasteiger partial charge is 0.294 e. The Kier molecular flexibility index (Phi) is 13.1. The molecule has 0 spiro atoms. The molecule has 2 amide bonds. The van der Waals surface area contributed by atoms with Crippen molar-refractivity contribution in [2.45, 2.75) is 71.1 Å². The van der Waals surface area contributed by atoms with E-state index in [4.69, 9.17) is 0 Å². The number of hydrogen-bond donors (Lipinski definition) is 1. The van der Waals surface area contributed by atoms with Crippen LogP contribution in [0.4, 0.5) is 0 Å². The lowest BCUT2D eigenvalue weighted by Gasteiger charge is -1.98. The van der Waals surface area contributed by atoms with E-state index in [1.807, 2.05) is 6.08 Å². The second-order valence-electron chi connectivity index (χ2n) is 6.78. The van der Waals surface area contributed by atoms with Crippen molar-refractivity contribution >= 4 is 17.6 Å². The molecule has 4 heteroatoms. The highest BCUT2D eigenvalue weighted by atomic mass is 16.2. The minimum atomic E-state index is -0.576. The molecule has 4 nitrogen and oxygen atoms in total. The maximum Gasteiger partial charge on any atom is 0.261 e. The van der Waals surface area contributed by atoms with E-state index in [0.717, 1.165) is 31.8 Å². The number of allylic oxidation sites excluding steroid dienone is 8. The van der Waals surface area contributed by atoms with Crippen LogP contribution in [0.5, 0.6) is 0 Å². The molecular weight excluding hydrogens is 350 g/mol. The molecular formula is C24H33NO3. The highest BCUT2D eigenvalue weighted by molar-refractivity contribution is 6.30. The number of carbonyl (C=O) groups is 3. The van der Waals surface area contributed by atoms with E-state index in [-0.39, 0.29) is 17.8 Å². The zero-order chi connectivity index (χ0) is 20.5. The van der Waals surface area contributed by atoms with E-state index in [1.54, 1.807) is 0 Å². The van der Waals surface area contributed by atoms with E-state index in [0.29, 0.717) is 6.42 Å². The standard InChI is InChI=1S/C24H33NO3/c1-2-3-4-5-6-7-8-9-10-11-12-13-14-15-16-17-18-19-22(26)21-20-23(27)25-24(21)28/h6-7,9-10,12-13,15-16,20H,2-5,8,11,14,17-19H2,1H3,(H,25,27,28). The number of carbonyl (C=O) groups excluding carboxylic acids is 3. The molecule has 0 aromatic rings. The van der Waals surface area contributed by atoms with Crippen LogP contribution in [-0.2, 0) is 14.4 Å². The van der Waals surface area contributed by atoms with Crippen molar-refractivity contribution in [3.8, 4) is 0 Å². The molecule has 0 saturated carbocycles. The summed E-state index contributed by atoms with van der Waals surface area (Å²) in [5, 5.41) is 2.09. The Morgan fingerprint density at radius 2 is 1.36 bits per heavy atom. The maximum atomic E-state index is 11.8. The van der Waals surface area contributed by atoms with Crippen molar-refractivity contribution in [2.24, 2.45) is 0 Å². The summed E-state index contributed by atoms with van der Waals surface area (Å²) in [6.45, 7) is 2.22. The molecule has 0 aliphatic carbocycles. The second-order valence-corrected chi connectivity index (χ2v) is 6.78. The number of Topliss-reactive ketones (excluding diaryl/α,β-unsaturated/α-hetero) is 1. The fraction of sp³-hybridized carbons (Fsp3) is 0.458. The van der Waals surface area contributed by atoms with Crippen LogP contribution in [-0.4, -0.2) is 17.6 Å². The lowest BCUT2D eigenvalue weighted by atomic mass is 10.1. The van der Waals surface area contributed by atoms with Gasteiger partial charge in [0, 0.05) is 12.5 Å². The van der Waals surface area contributed by atoms with Gasteiger partial charge in [-0.15, -0.1) is 0 Å². The molecule has 1 aliphatic rings. The first-order valence-electron chi connectivity index (χ1n) is 10.3. The third kappa shape index (κ3) is 11.3. The van der Waals surface area contributed by atoms with Gasteiger partial charge in [-0.2, -0.15) is 0 Å². The number of imide groups is 1. The summed E-state index contributed by atoms with van der Waals surface area (Å²) in [7, 11) is 0. The van der Waals surface area contributed by atoms with Crippen molar-refractivity contribution in [2.75, 3.05) is 0 Å². The molecule has 0 atom stereocenters. The Hall–Kier alpha value is -2.49. The molecule has 28 heavy (non-hydrogen) atoms. The van der Waals surface area contributed by atoms with E-state index in [9.17, 15) is 14.4 Å². The first-order valence-corrected chi connectivity index (χ1v) is 10.3. The number of nitrogens with one attached hydrogen (secondary N) is 1. The average Bonchev–Trinajstić information content (AvgIpc) is 3.02. The second kappa shape index (κ2) is 15.6. The predicted octanol–water partition coefficient (Wildman–Crippen LogP) is 5.28. The Bertz CT molecular complexity index is 651.